The standard InChI is InChI=1S/C26H21NO5/c28-21(14-6-2-1-3-7-14)13-32-26(31)17-8-4-5-9-20(17)27-24(29)22-15-10-11-16(19-12-18(15)19)23(22)25(27)30/h1-11,15-16,18-19,22-23H,12-13H2/t15-,16+,18-,19-,22+,23-/m1/s1. The van der Waals surface area contributed by atoms with Crippen molar-refractivity contribution in [2.75, 3.05) is 11.5 Å². The van der Waals surface area contributed by atoms with Gasteiger partial charge >= 0.3 is 5.97 Å². The summed E-state index contributed by atoms with van der Waals surface area (Å²) < 4.78 is 5.26. The predicted molar refractivity (Wildman–Crippen MR) is 115 cm³/mol. The van der Waals surface area contributed by atoms with Gasteiger partial charge in [-0.25, -0.2) is 9.69 Å². The van der Waals surface area contributed by atoms with E-state index >= 15 is 0 Å². The summed E-state index contributed by atoms with van der Waals surface area (Å²) in [6.45, 7) is -0.415. The van der Waals surface area contributed by atoms with Gasteiger partial charge < -0.3 is 4.74 Å². The van der Waals surface area contributed by atoms with E-state index in [0.717, 1.165) is 6.42 Å². The van der Waals surface area contributed by atoms with Gasteiger partial charge in [-0.15, -0.1) is 0 Å². The van der Waals surface area contributed by atoms with Crippen LogP contribution in [0.25, 0.3) is 0 Å². The van der Waals surface area contributed by atoms with E-state index in [1.54, 1.807) is 48.5 Å². The van der Waals surface area contributed by atoms with Crippen LogP contribution < -0.4 is 4.90 Å². The normalized spacial score (nSPS) is 31.3. The molecule has 0 aromatic heterocycles. The van der Waals surface area contributed by atoms with Crippen molar-refractivity contribution >= 4 is 29.3 Å². The van der Waals surface area contributed by atoms with Crippen LogP contribution in [0.2, 0.25) is 0 Å². The number of imide groups is 1. The van der Waals surface area contributed by atoms with Gasteiger partial charge in [-0.3, -0.25) is 14.4 Å². The molecule has 6 heteroatoms. The second-order valence-electron chi connectivity index (χ2n) is 9.05. The minimum atomic E-state index is -0.732. The molecule has 1 saturated heterocycles. The Kier molecular flexibility index (Phi) is 4.18. The fraction of sp³-hybridized carbons (Fsp3) is 0.308. The van der Waals surface area contributed by atoms with Crippen molar-refractivity contribution in [1.29, 1.82) is 0 Å². The van der Waals surface area contributed by atoms with Crippen molar-refractivity contribution in [3.63, 3.8) is 0 Å². The van der Waals surface area contributed by atoms with Crippen LogP contribution in [0.15, 0.2) is 66.7 Å². The fourth-order valence-electron chi connectivity index (χ4n) is 5.95. The average molecular weight is 427 g/mol. The monoisotopic (exact) mass is 427 g/mol. The highest BCUT2D eigenvalue weighted by Gasteiger charge is 2.67. The number of carbonyl (C=O) groups is 4. The second-order valence-corrected chi connectivity index (χ2v) is 9.05. The van der Waals surface area contributed by atoms with Crippen LogP contribution >= 0.6 is 0 Å². The largest absolute Gasteiger partial charge is 0.454 e. The number of hydrogen-bond acceptors (Lipinski definition) is 5. The van der Waals surface area contributed by atoms with Crippen LogP contribution in [0.4, 0.5) is 5.69 Å². The molecule has 2 saturated carbocycles. The zero-order chi connectivity index (χ0) is 22.0. The van der Waals surface area contributed by atoms with Crippen molar-refractivity contribution in [2.45, 2.75) is 6.42 Å². The Morgan fingerprint density at radius 1 is 0.844 bits per heavy atom. The number of Topliss-reactive ketones (excluding diaryl/α,β-unsaturated/α-hetero) is 1. The lowest BCUT2D eigenvalue weighted by molar-refractivity contribution is -0.124. The number of rotatable bonds is 5. The highest BCUT2D eigenvalue weighted by molar-refractivity contribution is 6.24. The molecule has 4 aliphatic carbocycles. The third-order valence-electron chi connectivity index (χ3n) is 7.46. The number of allylic oxidation sites excluding steroid dienone is 2. The molecule has 1 aliphatic heterocycles. The van der Waals surface area contributed by atoms with E-state index < -0.39 is 12.6 Å². The topological polar surface area (TPSA) is 80.8 Å². The quantitative estimate of drug-likeness (QED) is 0.317. The van der Waals surface area contributed by atoms with Crippen LogP contribution in [0.5, 0.6) is 0 Å². The molecule has 1 heterocycles. The van der Waals surface area contributed by atoms with E-state index in [0.29, 0.717) is 17.4 Å². The van der Waals surface area contributed by atoms with Gasteiger partial charge in [0, 0.05) is 5.56 Å². The predicted octanol–water partition coefficient (Wildman–Crippen LogP) is 3.28. The minimum Gasteiger partial charge on any atom is -0.454 e. The molecule has 6 atom stereocenters. The number of hydrogen-bond donors (Lipinski definition) is 0. The number of carbonyl (C=O) groups excluding carboxylic acids is 4. The number of esters is 1. The first kappa shape index (κ1) is 19.2. The summed E-state index contributed by atoms with van der Waals surface area (Å²) in [4.78, 5) is 53.1. The number of ketones is 1. The molecule has 0 N–H and O–H groups in total. The summed E-state index contributed by atoms with van der Waals surface area (Å²) in [5.74, 6) is -0.968. The number of para-hydroxylation sites is 1. The van der Waals surface area contributed by atoms with E-state index in [1.165, 1.54) is 11.0 Å². The van der Waals surface area contributed by atoms with E-state index in [1.807, 2.05) is 0 Å². The maximum Gasteiger partial charge on any atom is 0.340 e. The molecule has 0 unspecified atom stereocenters. The molecule has 32 heavy (non-hydrogen) atoms. The third-order valence-corrected chi connectivity index (χ3v) is 7.46. The van der Waals surface area contributed by atoms with Crippen molar-refractivity contribution < 1.29 is 23.9 Å². The maximum atomic E-state index is 13.4. The smallest absolute Gasteiger partial charge is 0.340 e. The number of benzene rings is 2. The Balaban J connectivity index is 1.25. The van der Waals surface area contributed by atoms with Gasteiger partial charge in [-0.2, -0.15) is 0 Å². The third kappa shape index (κ3) is 2.72. The summed E-state index contributed by atoms with van der Waals surface area (Å²) in [6, 6.07) is 15.0. The number of ether oxygens (including phenoxy) is 1. The lowest BCUT2D eigenvalue weighted by atomic mass is 9.63. The Bertz CT molecular complexity index is 1150. The molecular weight excluding hydrogens is 406 g/mol. The number of nitrogens with zero attached hydrogens (tertiary/aromatic N) is 1. The van der Waals surface area contributed by atoms with Crippen LogP contribution in [0, 0.1) is 35.5 Å². The second kappa shape index (κ2) is 6.99. The molecule has 2 aromatic rings. The van der Waals surface area contributed by atoms with E-state index in [9.17, 15) is 19.2 Å². The molecule has 2 bridgehead atoms. The number of anilines is 1. The average Bonchev–Trinajstić information content (AvgIpc) is 3.61. The minimum absolute atomic E-state index is 0.110. The first-order valence-corrected chi connectivity index (χ1v) is 11.0. The van der Waals surface area contributed by atoms with Crippen molar-refractivity contribution in [1.82, 2.24) is 0 Å². The lowest BCUT2D eigenvalue weighted by Crippen LogP contribution is -2.40. The number of amides is 2. The zero-order valence-electron chi connectivity index (χ0n) is 17.2. The van der Waals surface area contributed by atoms with Gasteiger partial charge in [-0.05, 0) is 42.2 Å². The van der Waals surface area contributed by atoms with E-state index in [2.05, 4.69) is 12.2 Å². The highest BCUT2D eigenvalue weighted by atomic mass is 16.5. The van der Waals surface area contributed by atoms with Crippen molar-refractivity contribution in [3.8, 4) is 0 Å². The van der Waals surface area contributed by atoms with Crippen molar-refractivity contribution in [3.05, 3.63) is 77.9 Å². The van der Waals surface area contributed by atoms with Gasteiger partial charge in [0.2, 0.25) is 11.8 Å². The summed E-state index contributed by atoms with van der Waals surface area (Å²) in [5.41, 5.74) is 0.797. The molecule has 3 fully saturated rings. The zero-order valence-corrected chi connectivity index (χ0v) is 17.2. The van der Waals surface area contributed by atoms with Gasteiger partial charge in [-0.1, -0.05) is 54.6 Å². The lowest BCUT2D eigenvalue weighted by Gasteiger charge is -2.37. The van der Waals surface area contributed by atoms with Gasteiger partial charge in [0.05, 0.1) is 23.1 Å². The SMILES string of the molecule is O=C(COC(=O)c1ccccc1N1C(=O)[C@@H]2[C@H]3C=C[C@H]([C@H]4C[C@H]34)[C@@H]2C1=O)c1ccccc1. The van der Waals surface area contributed by atoms with Gasteiger partial charge in [0.15, 0.2) is 12.4 Å². The first-order valence-electron chi connectivity index (χ1n) is 11.0. The van der Waals surface area contributed by atoms with Gasteiger partial charge in [0.25, 0.3) is 0 Å². The molecule has 6 nitrogen and oxygen atoms in total. The molecule has 160 valence electrons. The van der Waals surface area contributed by atoms with Gasteiger partial charge in [0.1, 0.15) is 0 Å². The molecule has 5 aliphatic rings. The molecular formula is C26H21NO5. The van der Waals surface area contributed by atoms with Crippen LogP contribution in [0.1, 0.15) is 27.1 Å². The van der Waals surface area contributed by atoms with Crippen LogP contribution in [-0.4, -0.2) is 30.2 Å². The Hall–Kier alpha value is -3.54. The molecule has 2 aromatic carbocycles. The summed E-state index contributed by atoms with van der Waals surface area (Å²) >= 11 is 0. The molecule has 0 spiro atoms. The molecule has 2 amide bonds. The highest BCUT2D eigenvalue weighted by Crippen LogP contribution is 2.65. The molecule has 7 rings (SSSR count). The Morgan fingerprint density at radius 2 is 1.44 bits per heavy atom. The summed E-state index contributed by atoms with van der Waals surface area (Å²) in [6.07, 6.45) is 5.32. The Morgan fingerprint density at radius 3 is 2.09 bits per heavy atom. The van der Waals surface area contributed by atoms with Crippen molar-refractivity contribution in [2.24, 2.45) is 35.5 Å². The maximum absolute atomic E-state index is 13.4. The van der Waals surface area contributed by atoms with E-state index in [4.69, 9.17) is 4.74 Å². The van der Waals surface area contributed by atoms with Crippen LogP contribution in [-0.2, 0) is 14.3 Å². The fourth-order valence-corrected chi connectivity index (χ4v) is 5.95. The summed E-state index contributed by atoms with van der Waals surface area (Å²) in [7, 11) is 0. The van der Waals surface area contributed by atoms with E-state index in [-0.39, 0.29) is 52.5 Å². The molecule has 0 radical (unpaired) electrons. The first-order chi connectivity index (χ1) is 15.6. The van der Waals surface area contributed by atoms with Crippen LogP contribution in [0.3, 0.4) is 0 Å². The Labute approximate surface area is 184 Å². The summed E-state index contributed by atoms with van der Waals surface area (Å²) in [5, 5.41) is 0.